The highest BCUT2D eigenvalue weighted by Gasteiger charge is 2.36. The van der Waals surface area contributed by atoms with Crippen LogP contribution in [0.5, 0.6) is 0 Å². The highest BCUT2D eigenvalue weighted by Crippen LogP contribution is 2.42. The van der Waals surface area contributed by atoms with Gasteiger partial charge in [0.1, 0.15) is 0 Å². The van der Waals surface area contributed by atoms with Crippen molar-refractivity contribution in [1.82, 2.24) is 0 Å². The van der Waals surface area contributed by atoms with Crippen LogP contribution >= 0.6 is 0 Å². The van der Waals surface area contributed by atoms with Gasteiger partial charge < -0.3 is 5.11 Å². The summed E-state index contributed by atoms with van der Waals surface area (Å²) in [5.74, 6) is 2.98. The van der Waals surface area contributed by atoms with Gasteiger partial charge in [0.05, 0.1) is 6.10 Å². The van der Waals surface area contributed by atoms with Crippen molar-refractivity contribution < 1.29 is 5.11 Å². The lowest BCUT2D eigenvalue weighted by atomic mass is 9.75. The zero-order valence-electron chi connectivity index (χ0n) is 10.3. The van der Waals surface area contributed by atoms with Crippen LogP contribution in [0.15, 0.2) is 0 Å². The Hall–Kier alpha value is -0.0400. The molecule has 1 N–H and O–H groups in total. The van der Waals surface area contributed by atoms with E-state index < -0.39 is 0 Å². The Morgan fingerprint density at radius 2 is 1.53 bits per heavy atom. The quantitative estimate of drug-likeness (QED) is 0.751. The fraction of sp³-hybridized carbons (Fsp3) is 1.00. The van der Waals surface area contributed by atoms with Gasteiger partial charge in [0, 0.05) is 0 Å². The van der Waals surface area contributed by atoms with Gasteiger partial charge in [0.25, 0.3) is 0 Å². The second-order valence-corrected chi connectivity index (χ2v) is 5.88. The average molecular weight is 210 g/mol. The monoisotopic (exact) mass is 210 g/mol. The second kappa shape index (κ2) is 4.86. The van der Waals surface area contributed by atoms with Gasteiger partial charge in [-0.3, -0.25) is 0 Å². The SMILES string of the molecule is CCC1CCC(C(O)C(C)C2CC2)CC1. The summed E-state index contributed by atoms with van der Waals surface area (Å²) in [6, 6.07) is 0. The standard InChI is InChI=1S/C14H26O/c1-3-11-4-6-13(7-5-11)14(15)10(2)12-8-9-12/h10-15H,3-9H2,1-2H3. The molecule has 0 radical (unpaired) electrons. The van der Waals surface area contributed by atoms with Crippen molar-refractivity contribution >= 4 is 0 Å². The molecule has 15 heavy (non-hydrogen) atoms. The van der Waals surface area contributed by atoms with E-state index in [1.807, 2.05) is 0 Å². The Kier molecular flexibility index (Phi) is 3.71. The fourth-order valence-corrected chi connectivity index (χ4v) is 3.27. The first-order valence-electron chi connectivity index (χ1n) is 6.90. The van der Waals surface area contributed by atoms with E-state index in [2.05, 4.69) is 13.8 Å². The van der Waals surface area contributed by atoms with E-state index in [0.29, 0.717) is 11.8 Å². The minimum Gasteiger partial charge on any atom is -0.393 e. The van der Waals surface area contributed by atoms with Crippen LogP contribution in [-0.4, -0.2) is 11.2 Å². The van der Waals surface area contributed by atoms with Crippen LogP contribution in [0.4, 0.5) is 0 Å². The van der Waals surface area contributed by atoms with Crippen LogP contribution < -0.4 is 0 Å². The van der Waals surface area contributed by atoms with E-state index in [1.165, 1.54) is 44.9 Å². The summed E-state index contributed by atoms with van der Waals surface area (Å²) in [4.78, 5) is 0. The van der Waals surface area contributed by atoms with Crippen LogP contribution in [0.1, 0.15) is 58.8 Å². The Balaban J connectivity index is 1.78. The maximum absolute atomic E-state index is 10.3. The van der Waals surface area contributed by atoms with Crippen molar-refractivity contribution in [2.45, 2.75) is 64.9 Å². The van der Waals surface area contributed by atoms with Gasteiger partial charge in [-0.2, -0.15) is 0 Å². The third-order valence-corrected chi connectivity index (χ3v) is 4.86. The summed E-state index contributed by atoms with van der Waals surface area (Å²) in [7, 11) is 0. The maximum atomic E-state index is 10.3. The fourth-order valence-electron chi connectivity index (χ4n) is 3.27. The number of hydrogen-bond donors (Lipinski definition) is 1. The second-order valence-electron chi connectivity index (χ2n) is 5.88. The Labute approximate surface area is 94.3 Å². The molecule has 0 aliphatic heterocycles. The van der Waals surface area contributed by atoms with Gasteiger partial charge in [-0.15, -0.1) is 0 Å². The van der Waals surface area contributed by atoms with Crippen molar-refractivity contribution in [3.63, 3.8) is 0 Å². The predicted octanol–water partition coefficient (Wildman–Crippen LogP) is 3.61. The van der Waals surface area contributed by atoms with Crippen LogP contribution in [-0.2, 0) is 0 Å². The van der Waals surface area contributed by atoms with E-state index >= 15 is 0 Å². The molecular weight excluding hydrogens is 184 g/mol. The highest BCUT2D eigenvalue weighted by molar-refractivity contribution is 4.87. The van der Waals surface area contributed by atoms with Crippen molar-refractivity contribution in [2.75, 3.05) is 0 Å². The summed E-state index contributed by atoms with van der Waals surface area (Å²) in [5.41, 5.74) is 0. The maximum Gasteiger partial charge on any atom is 0.0596 e. The normalized spacial score (nSPS) is 36.2. The zero-order chi connectivity index (χ0) is 10.8. The van der Waals surface area contributed by atoms with Crippen LogP contribution in [0.3, 0.4) is 0 Å². The van der Waals surface area contributed by atoms with E-state index in [-0.39, 0.29) is 6.10 Å². The van der Waals surface area contributed by atoms with Crippen molar-refractivity contribution in [1.29, 1.82) is 0 Å². The van der Waals surface area contributed by atoms with Crippen molar-refractivity contribution in [2.24, 2.45) is 23.7 Å². The number of aliphatic hydroxyl groups excluding tert-OH is 1. The molecule has 88 valence electrons. The number of aliphatic hydroxyl groups is 1. The van der Waals surface area contributed by atoms with Crippen molar-refractivity contribution in [3.05, 3.63) is 0 Å². The zero-order valence-corrected chi connectivity index (χ0v) is 10.3. The molecule has 2 aliphatic carbocycles. The van der Waals surface area contributed by atoms with E-state index in [0.717, 1.165) is 11.8 Å². The largest absolute Gasteiger partial charge is 0.393 e. The number of hydrogen-bond acceptors (Lipinski definition) is 1. The molecule has 1 nitrogen and oxygen atoms in total. The number of rotatable bonds is 4. The molecule has 0 bridgehead atoms. The minimum absolute atomic E-state index is 0.00435. The average Bonchev–Trinajstić information content (AvgIpc) is 3.11. The summed E-state index contributed by atoms with van der Waals surface area (Å²) in [6.45, 7) is 4.56. The third kappa shape index (κ3) is 2.75. The Morgan fingerprint density at radius 1 is 1.00 bits per heavy atom. The molecule has 0 aromatic heterocycles. The molecule has 0 spiro atoms. The van der Waals surface area contributed by atoms with Crippen molar-refractivity contribution in [3.8, 4) is 0 Å². The first-order valence-corrected chi connectivity index (χ1v) is 6.90. The summed E-state index contributed by atoms with van der Waals surface area (Å²) < 4.78 is 0. The summed E-state index contributed by atoms with van der Waals surface area (Å²) >= 11 is 0. The van der Waals surface area contributed by atoms with Crippen LogP contribution in [0, 0.1) is 23.7 Å². The Morgan fingerprint density at radius 3 is 2.00 bits per heavy atom. The van der Waals surface area contributed by atoms with Gasteiger partial charge in [-0.25, -0.2) is 0 Å². The van der Waals surface area contributed by atoms with Gasteiger partial charge in [-0.1, -0.05) is 33.1 Å². The van der Waals surface area contributed by atoms with E-state index in [1.54, 1.807) is 0 Å². The molecule has 1 heteroatoms. The molecule has 2 unspecified atom stereocenters. The molecule has 0 heterocycles. The summed E-state index contributed by atoms with van der Waals surface area (Å²) in [5, 5.41) is 10.3. The van der Waals surface area contributed by atoms with Crippen LogP contribution in [0.25, 0.3) is 0 Å². The van der Waals surface area contributed by atoms with Gasteiger partial charge in [0.15, 0.2) is 0 Å². The smallest absolute Gasteiger partial charge is 0.0596 e. The third-order valence-electron chi connectivity index (χ3n) is 4.86. The molecule has 2 fully saturated rings. The van der Waals surface area contributed by atoms with Gasteiger partial charge in [0.2, 0.25) is 0 Å². The molecule has 2 atom stereocenters. The van der Waals surface area contributed by atoms with Gasteiger partial charge in [-0.05, 0) is 49.4 Å². The molecular formula is C14H26O. The predicted molar refractivity (Wildman–Crippen MR) is 63.6 cm³/mol. The molecule has 0 saturated heterocycles. The van der Waals surface area contributed by atoms with Crippen LogP contribution in [0.2, 0.25) is 0 Å². The summed E-state index contributed by atoms with van der Waals surface area (Å²) in [6.07, 6.45) is 9.32. The van der Waals surface area contributed by atoms with Gasteiger partial charge >= 0.3 is 0 Å². The molecule has 0 aromatic rings. The molecule has 0 aromatic carbocycles. The Bertz CT molecular complexity index is 190. The molecule has 2 aliphatic rings. The lowest BCUT2D eigenvalue weighted by Gasteiger charge is -2.33. The first kappa shape index (κ1) is 11.4. The minimum atomic E-state index is -0.00435. The topological polar surface area (TPSA) is 20.2 Å². The lowest BCUT2D eigenvalue weighted by Crippen LogP contribution is -2.31. The molecule has 2 rings (SSSR count). The van der Waals surface area contributed by atoms with E-state index in [4.69, 9.17) is 0 Å². The first-order chi connectivity index (χ1) is 7.22. The molecule has 0 amide bonds. The van der Waals surface area contributed by atoms with E-state index in [9.17, 15) is 5.11 Å². The molecule has 2 saturated carbocycles. The highest BCUT2D eigenvalue weighted by atomic mass is 16.3. The lowest BCUT2D eigenvalue weighted by molar-refractivity contribution is 0.0242.